The van der Waals surface area contributed by atoms with Gasteiger partial charge in [-0.3, -0.25) is 4.57 Å². The van der Waals surface area contributed by atoms with Gasteiger partial charge in [-0.25, -0.2) is 0 Å². The second-order valence-electron chi connectivity index (χ2n) is 3.74. The van der Waals surface area contributed by atoms with Gasteiger partial charge in [0.2, 0.25) is 0 Å². The van der Waals surface area contributed by atoms with Gasteiger partial charge >= 0.3 is 0 Å². The average Bonchev–Trinajstić information content (AvgIpc) is 2.82. The van der Waals surface area contributed by atoms with E-state index in [-0.39, 0.29) is 46.0 Å². The number of aliphatic hydroxyl groups is 1. The number of aliphatic hydroxyl groups excluding tert-OH is 1. The zero-order valence-electron chi connectivity index (χ0n) is 10.3. The summed E-state index contributed by atoms with van der Waals surface area (Å²) >= 11 is 24.3. The van der Waals surface area contributed by atoms with Crippen LogP contribution in [0.5, 0.6) is 6.01 Å². The molecule has 0 amide bonds. The van der Waals surface area contributed by atoms with Crippen LogP contribution < -0.4 is 4.74 Å². The summed E-state index contributed by atoms with van der Waals surface area (Å²) in [6.07, 6.45) is 0. The van der Waals surface area contributed by atoms with Crippen LogP contribution in [0.15, 0.2) is 0 Å². The highest BCUT2D eigenvalue weighted by Gasteiger charge is 2.22. The predicted octanol–water partition coefficient (Wildman–Crippen LogP) is 3.62. The summed E-state index contributed by atoms with van der Waals surface area (Å²) < 4.78 is 12.0. The molecule has 0 aliphatic carbocycles. The minimum Gasteiger partial charge on any atom is -0.468 e. The first-order valence-electron chi connectivity index (χ1n) is 5.47. The van der Waals surface area contributed by atoms with Gasteiger partial charge in [0.25, 0.3) is 6.01 Å². The standard InChI is InChI=1S/C11H10Cl4N2O3/c1-19-11-16-9-7(14)5(12)6(13)8(15)10(9)17(11)4-20-3-2-18/h18H,2-4H2,1H3. The van der Waals surface area contributed by atoms with E-state index >= 15 is 0 Å². The molecule has 0 unspecified atom stereocenters. The normalized spacial score (nSPS) is 11.3. The molecule has 0 aliphatic rings. The highest BCUT2D eigenvalue weighted by atomic mass is 35.5. The highest BCUT2D eigenvalue weighted by molar-refractivity contribution is 6.55. The van der Waals surface area contributed by atoms with Crippen LogP contribution >= 0.6 is 46.4 Å². The Bertz CT molecular complexity index is 645. The van der Waals surface area contributed by atoms with E-state index in [1.165, 1.54) is 7.11 Å². The third-order valence-corrected chi connectivity index (χ3v) is 4.35. The lowest BCUT2D eigenvalue weighted by Gasteiger charge is -2.10. The van der Waals surface area contributed by atoms with Gasteiger partial charge in [0, 0.05) is 0 Å². The third kappa shape index (κ3) is 2.66. The van der Waals surface area contributed by atoms with Gasteiger partial charge in [-0.1, -0.05) is 46.4 Å². The molecule has 0 saturated carbocycles. The van der Waals surface area contributed by atoms with E-state index in [0.29, 0.717) is 11.0 Å². The monoisotopic (exact) mass is 358 g/mol. The molecular weight excluding hydrogens is 350 g/mol. The Balaban J connectivity index is 2.65. The molecule has 1 aromatic heterocycles. The summed E-state index contributed by atoms with van der Waals surface area (Å²) in [4.78, 5) is 4.21. The second-order valence-corrected chi connectivity index (χ2v) is 5.25. The van der Waals surface area contributed by atoms with E-state index in [0.717, 1.165) is 0 Å². The van der Waals surface area contributed by atoms with Crippen LogP contribution in [0.3, 0.4) is 0 Å². The van der Waals surface area contributed by atoms with E-state index in [9.17, 15) is 0 Å². The molecule has 110 valence electrons. The number of fused-ring (bicyclic) bond motifs is 1. The SMILES string of the molecule is COc1nc2c(Cl)c(Cl)c(Cl)c(Cl)c2n1COCCO. The zero-order chi connectivity index (χ0) is 14.9. The van der Waals surface area contributed by atoms with Gasteiger partial charge < -0.3 is 14.6 Å². The second kappa shape index (κ2) is 6.56. The zero-order valence-corrected chi connectivity index (χ0v) is 13.3. The van der Waals surface area contributed by atoms with Gasteiger partial charge in [-0.2, -0.15) is 4.98 Å². The molecule has 1 N–H and O–H groups in total. The predicted molar refractivity (Wildman–Crippen MR) is 79.4 cm³/mol. The average molecular weight is 360 g/mol. The van der Waals surface area contributed by atoms with Gasteiger partial charge in [-0.15, -0.1) is 0 Å². The number of ether oxygens (including phenoxy) is 2. The molecule has 1 aromatic carbocycles. The molecule has 0 radical (unpaired) electrons. The van der Waals surface area contributed by atoms with Crippen molar-refractivity contribution in [3.8, 4) is 6.01 Å². The first-order valence-corrected chi connectivity index (χ1v) is 6.98. The lowest BCUT2D eigenvalue weighted by atomic mass is 10.3. The Labute approximate surface area is 134 Å². The Hall–Kier alpha value is -0.430. The van der Waals surface area contributed by atoms with Crippen LogP contribution in [0.25, 0.3) is 11.0 Å². The molecule has 20 heavy (non-hydrogen) atoms. The minimum absolute atomic E-state index is 0.0776. The van der Waals surface area contributed by atoms with Crippen molar-refractivity contribution in [3.05, 3.63) is 20.1 Å². The summed E-state index contributed by atoms with van der Waals surface area (Å²) in [5, 5.41) is 9.41. The number of hydrogen-bond donors (Lipinski definition) is 1. The van der Waals surface area contributed by atoms with Crippen LogP contribution in [0, 0.1) is 0 Å². The van der Waals surface area contributed by atoms with Crippen molar-refractivity contribution in [2.45, 2.75) is 6.73 Å². The van der Waals surface area contributed by atoms with Crippen molar-refractivity contribution in [1.29, 1.82) is 0 Å². The quantitative estimate of drug-likeness (QED) is 0.503. The van der Waals surface area contributed by atoms with Crippen LogP contribution in [-0.2, 0) is 11.5 Å². The topological polar surface area (TPSA) is 56.5 Å². The molecule has 2 aromatic rings. The van der Waals surface area contributed by atoms with Gasteiger partial charge in [0.05, 0.1) is 45.9 Å². The Morgan fingerprint density at radius 3 is 2.35 bits per heavy atom. The first-order chi connectivity index (χ1) is 9.52. The Kier molecular flexibility index (Phi) is 5.23. The third-order valence-electron chi connectivity index (χ3n) is 2.57. The molecule has 1 heterocycles. The maximum absolute atomic E-state index is 8.75. The molecule has 0 aliphatic heterocycles. The smallest absolute Gasteiger partial charge is 0.299 e. The van der Waals surface area contributed by atoms with Crippen molar-refractivity contribution in [2.75, 3.05) is 20.3 Å². The molecule has 0 fully saturated rings. The highest BCUT2D eigenvalue weighted by Crippen LogP contribution is 2.43. The maximum Gasteiger partial charge on any atom is 0.299 e. The van der Waals surface area contributed by atoms with Crippen LogP contribution in [0.2, 0.25) is 20.1 Å². The number of hydrogen-bond acceptors (Lipinski definition) is 4. The van der Waals surface area contributed by atoms with Crippen LogP contribution in [-0.4, -0.2) is 35.0 Å². The van der Waals surface area contributed by atoms with Crippen molar-refractivity contribution >= 4 is 57.4 Å². The van der Waals surface area contributed by atoms with Gasteiger partial charge in [0.1, 0.15) is 12.2 Å². The number of halogens is 4. The first kappa shape index (κ1) is 15.9. The number of benzene rings is 1. The number of rotatable bonds is 5. The molecule has 9 heteroatoms. The molecular formula is C11H10Cl4N2O3. The Morgan fingerprint density at radius 2 is 1.75 bits per heavy atom. The minimum atomic E-state index is -0.101. The largest absolute Gasteiger partial charge is 0.468 e. The van der Waals surface area contributed by atoms with E-state index in [4.69, 9.17) is 61.0 Å². The van der Waals surface area contributed by atoms with E-state index in [1.807, 2.05) is 0 Å². The maximum atomic E-state index is 8.75. The molecule has 2 rings (SSSR count). The van der Waals surface area contributed by atoms with Gasteiger partial charge in [-0.05, 0) is 0 Å². The van der Waals surface area contributed by atoms with E-state index in [2.05, 4.69) is 4.98 Å². The number of aromatic nitrogens is 2. The summed E-state index contributed by atoms with van der Waals surface area (Å²) in [5.74, 6) is 0. The summed E-state index contributed by atoms with van der Waals surface area (Å²) in [6, 6.07) is 0.250. The van der Waals surface area contributed by atoms with Crippen molar-refractivity contribution in [3.63, 3.8) is 0 Å². The number of nitrogens with zero attached hydrogens (tertiary/aromatic N) is 2. The van der Waals surface area contributed by atoms with Crippen LogP contribution in [0.4, 0.5) is 0 Å². The van der Waals surface area contributed by atoms with Crippen molar-refractivity contribution in [1.82, 2.24) is 9.55 Å². The van der Waals surface area contributed by atoms with Gasteiger partial charge in [0.15, 0.2) is 0 Å². The lowest BCUT2D eigenvalue weighted by molar-refractivity contribution is 0.0462. The number of imidazole rings is 1. The summed E-state index contributed by atoms with van der Waals surface area (Å²) in [6.45, 7) is 0.139. The molecule has 5 nitrogen and oxygen atoms in total. The van der Waals surface area contributed by atoms with E-state index in [1.54, 1.807) is 4.57 Å². The summed E-state index contributed by atoms with van der Waals surface area (Å²) in [7, 11) is 1.45. The molecule has 0 spiro atoms. The summed E-state index contributed by atoms with van der Waals surface area (Å²) in [5.41, 5.74) is 0.830. The number of methoxy groups -OCH3 is 1. The fraction of sp³-hybridized carbons (Fsp3) is 0.364. The molecule has 0 bridgehead atoms. The Morgan fingerprint density at radius 1 is 1.10 bits per heavy atom. The van der Waals surface area contributed by atoms with Crippen molar-refractivity contribution < 1.29 is 14.6 Å². The van der Waals surface area contributed by atoms with E-state index < -0.39 is 0 Å². The van der Waals surface area contributed by atoms with Crippen LogP contribution in [0.1, 0.15) is 0 Å². The fourth-order valence-electron chi connectivity index (χ4n) is 1.70. The molecule has 0 saturated heterocycles. The fourth-order valence-corrected chi connectivity index (χ4v) is 2.68. The molecule has 0 atom stereocenters. The van der Waals surface area contributed by atoms with Crippen molar-refractivity contribution in [2.24, 2.45) is 0 Å². The lowest BCUT2D eigenvalue weighted by Crippen LogP contribution is -2.07.